The number of nitrogens with zero attached hydrogens (tertiary/aromatic N) is 1. The van der Waals surface area contributed by atoms with Gasteiger partial charge in [0.15, 0.2) is 6.10 Å². The van der Waals surface area contributed by atoms with Crippen molar-refractivity contribution in [2.45, 2.75) is 46.1 Å². The Morgan fingerprint density at radius 3 is 2.68 bits per heavy atom. The number of carbonyl (C=O) groups excluding carboxylic acids is 1. The number of aryl methyl sites for hydroxylation is 1. The van der Waals surface area contributed by atoms with E-state index in [-0.39, 0.29) is 11.5 Å². The summed E-state index contributed by atoms with van der Waals surface area (Å²) in [5.74, 6) is 1.12. The van der Waals surface area contributed by atoms with Crippen molar-refractivity contribution in [1.29, 1.82) is 0 Å². The van der Waals surface area contributed by atoms with Crippen molar-refractivity contribution >= 4 is 16.9 Å². The molecule has 1 aliphatic carbocycles. The summed E-state index contributed by atoms with van der Waals surface area (Å²) < 4.78 is 11.1. The van der Waals surface area contributed by atoms with Gasteiger partial charge in [0.1, 0.15) is 11.3 Å². The molecule has 1 aromatic carbocycles. The van der Waals surface area contributed by atoms with Crippen LogP contribution in [0.3, 0.4) is 0 Å². The lowest BCUT2D eigenvalue weighted by Crippen LogP contribution is -2.41. The third kappa shape index (κ3) is 3.55. The standard InChI is InChI=1S/C20H25NO4/c1-12-13(2)20(23)25-18-10-16(8-9-17(12)18)24-14(3)19(22)21(4)11-15-6-5-7-15/h8-10,14-15H,5-7,11H2,1-4H3. The highest BCUT2D eigenvalue weighted by atomic mass is 16.5. The topological polar surface area (TPSA) is 59.8 Å². The van der Waals surface area contributed by atoms with E-state index < -0.39 is 6.10 Å². The number of amides is 1. The van der Waals surface area contributed by atoms with Crippen LogP contribution in [0.4, 0.5) is 0 Å². The smallest absolute Gasteiger partial charge is 0.339 e. The van der Waals surface area contributed by atoms with Crippen LogP contribution in [0.5, 0.6) is 5.75 Å². The molecule has 0 saturated heterocycles. The third-order valence-electron chi connectivity index (χ3n) is 5.22. The number of benzene rings is 1. The fourth-order valence-electron chi connectivity index (χ4n) is 3.22. The molecule has 0 N–H and O–H groups in total. The molecule has 134 valence electrons. The molecule has 1 amide bonds. The summed E-state index contributed by atoms with van der Waals surface area (Å²) in [5, 5.41) is 0.880. The lowest BCUT2D eigenvalue weighted by Gasteiger charge is -2.31. The molecule has 0 aliphatic heterocycles. The maximum Gasteiger partial charge on any atom is 0.339 e. The highest BCUT2D eigenvalue weighted by molar-refractivity contribution is 5.83. The summed E-state index contributed by atoms with van der Waals surface area (Å²) in [5.41, 5.74) is 1.66. The fourth-order valence-corrected chi connectivity index (χ4v) is 3.22. The molecule has 1 unspecified atom stereocenters. The van der Waals surface area contributed by atoms with E-state index in [2.05, 4.69) is 0 Å². The van der Waals surface area contributed by atoms with E-state index in [4.69, 9.17) is 9.15 Å². The molecule has 25 heavy (non-hydrogen) atoms. The van der Waals surface area contributed by atoms with Gasteiger partial charge in [-0.05, 0) is 57.2 Å². The molecule has 5 heteroatoms. The zero-order valence-electron chi connectivity index (χ0n) is 15.3. The highest BCUT2D eigenvalue weighted by Crippen LogP contribution is 2.27. The average molecular weight is 343 g/mol. The second-order valence-electron chi connectivity index (χ2n) is 7.07. The number of hydrogen-bond acceptors (Lipinski definition) is 4. The van der Waals surface area contributed by atoms with Crippen molar-refractivity contribution in [3.8, 4) is 5.75 Å². The van der Waals surface area contributed by atoms with Crippen LogP contribution in [0.25, 0.3) is 11.0 Å². The molecule has 3 rings (SSSR count). The molecular weight excluding hydrogens is 318 g/mol. The Labute approximate surface area is 147 Å². The van der Waals surface area contributed by atoms with Crippen LogP contribution in [0.2, 0.25) is 0 Å². The first-order valence-electron chi connectivity index (χ1n) is 8.82. The maximum atomic E-state index is 12.5. The molecule has 5 nitrogen and oxygen atoms in total. The molecule has 1 fully saturated rings. The molecule has 1 aromatic heterocycles. The van der Waals surface area contributed by atoms with Crippen LogP contribution < -0.4 is 10.4 Å². The Morgan fingerprint density at radius 2 is 2.04 bits per heavy atom. The van der Waals surface area contributed by atoms with Crippen LogP contribution in [0.1, 0.15) is 37.3 Å². The molecule has 0 bridgehead atoms. The first kappa shape index (κ1) is 17.5. The van der Waals surface area contributed by atoms with Gasteiger partial charge in [0.25, 0.3) is 5.91 Å². The maximum absolute atomic E-state index is 12.5. The Balaban J connectivity index is 1.74. The van der Waals surface area contributed by atoms with Crippen molar-refractivity contribution < 1.29 is 13.9 Å². The molecule has 1 saturated carbocycles. The molecule has 0 spiro atoms. The number of hydrogen-bond donors (Lipinski definition) is 0. The van der Waals surface area contributed by atoms with Gasteiger partial charge in [-0.15, -0.1) is 0 Å². The monoisotopic (exact) mass is 343 g/mol. The Morgan fingerprint density at radius 1 is 1.32 bits per heavy atom. The molecule has 1 heterocycles. The van der Waals surface area contributed by atoms with Gasteiger partial charge in [0, 0.05) is 30.6 Å². The predicted molar refractivity (Wildman–Crippen MR) is 97.0 cm³/mol. The van der Waals surface area contributed by atoms with Gasteiger partial charge in [-0.25, -0.2) is 4.79 Å². The van der Waals surface area contributed by atoms with E-state index in [1.54, 1.807) is 24.8 Å². The summed E-state index contributed by atoms with van der Waals surface area (Å²) >= 11 is 0. The highest BCUT2D eigenvalue weighted by Gasteiger charge is 2.25. The van der Waals surface area contributed by atoms with E-state index in [1.165, 1.54) is 19.3 Å². The second kappa shape index (κ2) is 6.90. The van der Waals surface area contributed by atoms with Crippen molar-refractivity contribution in [2.24, 2.45) is 5.92 Å². The average Bonchev–Trinajstić information content (AvgIpc) is 2.55. The fraction of sp³-hybridized carbons (Fsp3) is 0.500. The summed E-state index contributed by atoms with van der Waals surface area (Å²) in [6.45, 7) is 6.19. The molecule has 1 aliphatic rings. The van der Waals surface area contributed by atoms with Gasteiger partial charge >= 0.3 is 5.63 Å². The van der Waals surface area contributed by atoms with Crippen LogP contribution in [0, 0.1) is 19.8 Å². The minimum Gasteiger partial charge on any atom is -0.481 e. The van der Waals surface area contributed by atoms with Crippen molar-refractivity contribution in [3.63, 3.8) is 0 Å². The van der Waals surface area contributed by atoms with Gasteiger partial charge < -0.3 is 14.1 Å². The molecule has 1 atom stereocenters. The van der Waals surface area contributed by atoms with E-state index in [9.17, 15) is 9.59 Å². The van der Waals surface area contributed by atoms with Gasteiger partial charge in [0.05, 0.1) is 0 Å². The summed E-state index contributed by atoms with van der Waals surface area (Å²) in [7, 11) is 1.83. The number of ether oxygens (including phenoxy) is 1. The SMILES string of the molecule is Cc1c(C)c2ccc(OC(C)C(=O)N(C)CC3CCC3)cc2oc1=O. The lowest BCUT2D eigenvalue weighted by atomic mass is 9.85. The van der Waals surface area contributed by atoms with Crippen LogP contribution in [0.15, 0.2) is 27.4 Å². The second-order valence-corrected chi connectivity index (χ2v) is 7.07. The quantitative estimate of drug-likeness (QED) is 0.780. The van der Waals surface area contributed by atoms with Gasteiger partial charge in [-0.2, -0.15) is 0 Å². The van der Waals surface area contributed by atoms with Gasteiger partial charge in [-0.1, -0.05) is 6.42 Å². The minimum atomic E-state index is -0.583. The molecule has 2 aromatic rings. The van der Waals surface area contributed by atoms with Crippen molar-refractivity contribution in [3.05, 3.63) is 39.7 Å². The predicted octanol–water partition coefficient (Wildman–Crippen LogP) is 3.44. The van der Waals surface area contributed by atoms with E-state index in [0.29, 0.717) is 22.8 Å². The molecular formula is C20H25NO4. The summed E-state index contributed by atoms with van der Waals surface area (Å²) in [4.78, 5) is 26.1. The number of rotatable bonds is 5. The van der Waals surface area contributed by atoms with Crippen LogP contribution in [-0.2, 0) is 4.79 Å². The normalized spacial score (nSPS) is 15.7. The largest absolute Gasteiger partial charge is 0.481 e. The summed E-state index contributed by atoms with van der Waals surface area (Å²) in [6, 6.07) is 5.36. The van der Waals surface area contributed by atoms with Crippen LogP contribution >= 0.6 is 0 Å². The minimum absolute atomic E-state index is 0.0338. The van der Waals surface area contributed by atoms with Gasteiger partial charge in [0.2, 0.25) is 0 Å². The van der Waals surface area contributed by atoms with Gasteiger partial charge in [-0.3, -0.25) is 4.79 Å². The van der Waals surface area contributed by atoms with E-state index in [1.807, 2.05) is 26.1 Å². The Bertz CT molecular complexity index is 851. The van der Waals surface area contributed by atoms with Crippen molar-refractivity contribution in [2.75, 3.05) is 13.6 Å². The Hall–Kier alpha value is -2.30. The number of fused-ring (bicyclic) bond motifs is 1. The van der Waals surface area contributed by atoms with Crippen LogP contribution in [-0.4, -0.2) is 30.5 Å². The first-order valence-corrected chi connectivity index (χ1v) is 8.82. The van der Waals surface area contributed by atoms with E-state index >= 15 is 0 Å². The zero-order chi connectivity index (χ0) is 18.1. The Kier molecular flexibility index (Phi) is 4.84. The first-order chi connectivity index (χ1) is 11.9. The third-order valence-corrected chi connectivity index (χ3v) is 5.22. The lowest BCUT2D eigenvalue weighted by molar-refractivity contribution is -0.137. The zero-order valence-corrected chi connectivity index (χ0v) is 15.3. The summed E-state index contributed by atoms with van der Waals surface area (Å²) in [6.07, 6.45) is 3.09. The van der Waals surface area contributed by atoms with Crippen molar-refractivity contribution in [1.82, 2.24) is 4.90 Å². The number of carbonyl (C=O) groups is 1. The molecule has 0 radical (unpaired) electrons. The number of likely N-dealkylation sites (N-methyl/N-ethyl adjacent to an activating group) is 1. The van der Waals surface area contributed by atoms with E-state index in [0.717, 1.165) is 17.5 Å².